The molecular weight excluding hydrogens is 404 g/mol. The lowest BCUT2D eigenvalue weighted by molar-refractivity contribution is -0.124. The van der Waals surface area contributed by atoms with E-state index in [4.69, 9.17) is 4.74 Å². The lowest BCUT2D eigenvalue weighted by Crippen LogP contribution is -2.35. The number of sulfonamides is 1. The van der Waals surface area contributed by atoms with E-state index >= 15 is 0 Å². The molecule has 1 heterocycles. The van der Waals surface area contributed by atoms with Gasteiger partial charge in [-0.15, -0.1) is 0 Å². The van der Waals surface area contributed by atoms with E-state index in [0.717, 1.165) is 24.8 Å². The van der Waals surface area contributed by atoms with Crippen LogP contribution in [0.4, 0.5) is 0 Å². The molecule has 0 aromatic heterocycles. The fourth-order valence-corrected chi connectivity index (χ4v) is 4.86. The SMILES string of the molecule is O=C(COC(=O)c1cccc(S(=O)(=O)N2CCCCC2)c1)NCCc1ccccc1. The third-order valence-electron chi connectivity index (χ3n) is 4.94. The smallest absolute Gasteiger partial charge is 0.338 e. The number of nitrogens with zero attached hydrogens (tertiary/aromatic N) is 1. The largest absolute Gasteiger partial charge is 0.452 e. The molecule has 0 atom stereocenters. The zero-order valence-electron chi connectivity index (χ0n) is 16.7. The van der Waals surface area contributed by atoms with Gasteiger partial charge in [0.25, 0.3) is 5.91 Å². The first-order chi connectivity index (χ1) is 14.5. The Morgan fingerprint density at radius 2 is 1.70 bits per heavy atom. The van der Waals surface area contributed by atoms with Crippen molar-refractivity contribution in [3.05, 3.63) is 65.7 Å². The standard InChI is InChI=1S/C22H26N2O5S/c25-21(23-13-12-18-8-3-1-4-9-18)17-29-22(26)19-10-7-11-20(16-19)30(27,28)24-14-5-2-6-15-24/h1,3-4,7-11,16H,2,5-6,12-15,17H2,(H,23,25). The molecule has 1 saturated heterocycles. The lowest BCUT2D eigenvalue weighted by atomic mass is 10.1. The van der Waals surface area contributed by atoms with Crippen molar-refractivity contribution in [1.82, 2.24) is 9.62 Å². The molecule has 2 aromatic rings. The van der Waals surface area contributed by atoms with E-state index in [2.05, 4.69) is 5.32 Å². The van der Waals surface area contributed by atoms with Crippen LogP contribution in [-0.4, -0.2) is 50.8 Å². The number of carbonyl (C=O) groups is 2. The number of ether oxygens (including phenoxy) is 1. The van der Waals surface area contributed by atoms with Crippen LogP contribution in [0.5, 0.6) is 0 Å². The summed E-state index contributed by atoms with van der Waals surface area (Å²) in [7, 11) is -3.64. The number of nitrogens with one attached hydrogen (secondary N) is 1. The molecule has 1 N–H and O–H groups in total. The molecule has 1 fully saturated rings. The van der Waals surface area contributed by atoms with Crippen molar-refractivity contribution in [2.75, 3.05) is 26.2 Å². The minimum atomic E-state index is -3.64. The highest BCUT2D eigenvalue weighted by molar-refractivity contribution is 7.89. The summed E-state index contributed by atoms with van der Waals surface area (Å²) < 4.78 is 32.0. The van der Waals surface area contributed by atoms with E-state index in [9.17, 15) is 18.0 Å². The van der Waals surface area contributed by atoms with Crippen molar-refractivity contribution in [2.45, 2.75) is 30.6 Å². The zero-order valence-corrected chi connectivity index (χ0v) is 17.6. The van der Waals surface area contributed by atoms with E-state index in [-0.39, 0.29) is 10.5 Å². The molecule has 0 spiro atoms. The number of hydrogen-bond donors (Lipinski definition) is 1. The summed E-state index contributed by atoms with van der Waals surface area (Å²) in [6, 6.07) is 15.5. The third kappa shape index (κ3) is 5.90. The molecular formula is C22H26N2O5S. The van der Waals surface area contributed by atoms with Gasteiger partial charge in [-0.1, -0.05) is 42.8 Å². The van der Waals surface area contributed by atoms with Crippen LogP contribution in [0.25, 0.3) is 0 Å². The maximum atomic E-state index is 12.8. The molecule has 30 heavy (non-hydrogen) atoms. The first-order valence-corrected chi connectivity index (χ1v) is 11.5. The highest BCUT2D eigenvalue weighted by Gasteiger charge is 2.26. The molecule has 1 aliphatic heterocycles. The van der Waals surface area contributed by atoms with Gasteiger partial charge in [0.2, 0.25) is 10.0 Å². The van der Waals surface area contributed by atoms with Gasteiger partial charge in [0.15, 0.2) is 6.61 Å². The molecule has 0 bridgehead atoms. The number of amides is 1. The molecule has 3 rings (SSSR count). The Labute approximate surface area is 177 Å². The van der Waals surface area contributed by atoms with E-state index in [1.807, 2.05) is 30.3 Å². The monoisotopic (exact) mass is 430 g/mol. The number of piperidine rings is 1. The summed E-state index contributed by atoms with van der Waals surface area (Å²) in [5.74, 6) is -1.14. The summed E-state index contributed by atoms with van der Waals surface area (Å²) >= 11 is 0. The number of esters is 1. The number of rotatable bonds is 8. The van der Waals surface area contributed by atoms with E-state index in [1.54, 1.807) is 0 Å². The quantitative estimate of drug-likeness (QED) is 0.649. The van der Waals surface area contributed by atoms with Crippen molar-refractivity contribution in [1.29, 1.82) is 0 Å². The third-order valence-corrected chi connectivity index (χ3v) is 6.83. The fourth-order valence-electron chi connectivity index (χ4n) is 3.29. The molecule has 1 aliphatic rings. The maximum absolute atomic E-state index is 12.8. The first-order valence-electron chi connectivity index (χ1n) is 10.0. The molecule has 8 heteroatoms. The van der Waals surface area contributed by atoms with E-state index in [0.29, 0.717) is 26.1 Å². The van der Waals surface area contributed by atoms with E-state index < -0.39 is 28.5 Å². The topological polar surface area (TPSA) is 92.8 Å². The van der Waals surface area contributed by atoms with Gasteiger partial charge < -0.3 is 10.1 Å². The highest BCUT2D eigenvalue weighted by Crippen LogP contribution is 2.21. The summed E-state index contributed by atoms with van der Waals surface area (Å²) in [5.41, 5.74) is 1.20. The Morgan fingerprint density at radius 1 is 0.967 bits per heavy atom. The van der Waals surface area contributed by atoms with Crippen LogP contribution >= 0.6 is 0 Å². The Balaban J connectivity index is 1.51. The van der Waals surface area contributed by atoms with Crippen molar-refractivity contribution in [3.8, 4) is 0 Å². The first kappa shape index (κ1) is 22.0. The average Bonchev–Trinajstić information content (AvgIpc) is 2.79. The summed E-state index contributed by atoms with van der Waals surface area (Å²) in [6.45, 7) is 0.987. The van der Waals surface area contributed by atoms with Crippen LogP contribution in [0, 0.1) is 0 Å². The summed E-state index contributed by atoms with van der Waals surface area (Å²) in [6.07, 6.45) is 3.36. The zero-order chi connectivity index (χ0) is 21.4. The molecule has 0 radical (unpaired) electrons. The summed E-state index contributed by atoms with van der Waals surface area (Å²) in [4.78, 5) is 24.3. The van der Waals surface area contributed by atoms with Crippen molar-refractivity contribution >= 4 is 21.9 Å². The molecule has 7 nitrogen and oxygen atoms in total. The minimum Gasteiger partial charge on any atom is -0.452 e. The van der Waals surface area contributed by atoms with Crippen molar-refractivity contribution in [3.63, 3.8) is 0 Å². The molecule has 0 unspecified atom stereocenters. The highest BCUT2D eigenvalue weighted by atomic mass is 32.2. The Hall–Kier alpha value is -2.71. The van der Waals surface area contributed by atoms with Crippen LogP contribution in [0.15, 0.2) is 59.5 Å². The van der Waals surface area contributed by atoms with Gasteiger partial charge in [-0.3, -0.25) is 4.79 Å². The second-order valence-corrected chi connectivity index (χ2v) is 9.09. The Bertz CT molecular complexity index is 970. The van der Waals surface area contributed by atoms with Gasteiger partial charge in [0, 0.05) is 19.6 Å². The average molecular weight is 431 g/mol. The number of carbonyl (C=O) groups excluding carboxylic acids is 2. The molecule has 0 saturated carbocycles. The second-order valence-electron chi connectivity index (χ2n) is 7.15. The molecule has 0 aliphatic carbocycles. The predicted octanol–water partition coefficient (Wildman–Crippen LogP) is 2.38. The number of benzene rings is 2. The number of hydrogen-bond acceptors (Lipinski definition) is 5. The van der Waals surface area contributed by atoms with Crippen LogP contribution in [-0.2, 0) is 26.0 Å². The van der Waals surface area contributed by atoms with Crippen molar-refractivity contribution < 1.29 is 22.7 Å². The summed E-state index contributed by atoms with van der Waals surface area (Å²) in [5, 5.41) is 2.70. The van der Waals surface area contributed by atoms with Gasteiger partial charge in [-0.2, -0.15) is 4.31 Å². The van der Waals surface area contributed by atoms with Crippen molar-refractivity contribution in [2.24, 2.45) is 0 Å². The van der Waals surface area contributed by atoms with Gasteiger partial charge in [0.1, 0.15) is 0 Å². The van der Waals surface area contributed by atoms with Gasteiger partial charge in [-0.25, -0.2) is 13.2 Å². The Kier molecular flexibility index (Phi) is 7.59. The second kappa shape index (κ2) is 10.4. The predicted molar refractivity (Wildman–Crippen MR) is 112 cm³/mol. The van der Waals surface area contributed by atoms with Crippen LogP contribution in [0.3, 0.4) is 0 Å². The molecule has 2 aromatic carbocycles. The normalized spacial score (nSPS) is 14.8. The Morgan fingerprint density at radius 3 is 2.43 bits per heavy atom. The van der Waals surface area contributed by atoms with E-state index in [1.165, 1.54) is 28.6 Å². The van der Waals surface area contributed by atoms with Crippen LogP contribution in [0.2, 0.25) is 0 Å². The fraction of sp³-hybridized carbons (Fsp3) is 0.364. The minimum absolute atomic E-state index is 0.0613. The molecule has 160 valence electrons. The van der Waals surface area contributed by atoms with Gasteiger partial charge in [0.05, 0.1) is 10.5 Å². The van der Waals surface area contributed by atoms with Gasteiger partial charge >= 0.3 is 5.97 Å². The molecule has 1 amide bonds. The maximum Gasteiger partial charge on any atom is 0.338 e. The van der Waals surface area contributed by atoms with Crippen LogP contribution < -0.4 is 5.32 Å². The van der Waals surface area contributed by atoms with Gasteiger partial charge in [-0.05, 0) is 43.0 Å². The van der Waals surface area contributed by atoms with Crippen LogP contribution in [0.1, 0.15) is 35.2 Å². The lowest BCUT2D eigenvalue weighted by Gasteiger charge is -2.25.